The summed E-state index contributed by atoms with van der Waals surface area (Å²) >= 11 is 12.3. The van der Waals surface area contributed by atoms with Crippen LogP contribution in [0.5, 0.6) is 0 Å². The largest absolute Gasteiger partial charge is 0.379 e. The predicted octanol–water partition coefficient (Wildman–Crippen LogP) is 5.46. The number of nitrogens with one attached hydrogen (secondary N) is 4. The van der Waals surface area contributed by atoms with Crippen LogP contribution in [0.3, 0.4) is 0 Å². The Hall–Kier alpha value is -2.14. The molecule has 2 atom stereocenters. The van der Waals surface area contributed by atoms with Crippen LogP contribution in [0.4, 0.5) is 0 Å². The lowest BCUT2D eigenvalue weighted by molar-refractivity contribution is 0.0359. The third-order valence-electron chi connectivity index (χ3n) is 9.71. The smallest absolute Gasteiger partial charge is 0.0594 e. The number of fused-ring (bicyclic) bond motifs is 6. The number of aromatic amines is 2. The van der Waals surface area contributed by atoms with Gasteiger partial charge in [0.25, 0.3) is 0 Å². The number of H-pyrrole nitrogens is 2. The van der Waals surface area contributed by atoms with Gasteiger partial charge in [0.05, 0.1) is 26.4 Å². The van der Waals surface area contributed by atoms with Gasteiger partial charge in [0, 0.05) is 94.6 Å². The van der Waals surface area contributed by atoms with Crippen LogP contribution in [0.25, 0.3) is 21.8 Å². The van der Waals surface area contributed by atoms with Gasteiger partial charge in [-0.1, -0.05) is 23.2 Å². The maximum Gasteiger partial charge on any atom is 0.0594 e. The summed E-state index contributed by atoms with van der Waals surface area (Å²) in [6.45, 7) is 12.0. The SMILES string of the molecule is Clc1ccc2[nH]c3c(c2c1)CCN[C@@H]3CCN1CCOCC1.Clc1ccc2[nH]c3c(c2c1)CCN[C@H]3CCN1CCOCC1. The fraction of sp³-hybridized carbons (Fsp3) is 0.529. The maximum atomic E-state index is 6.17. The summed E-state index contributed by atoms with van der Waals surface area (Å²) < 4.78 is 10.8. The van der Waals surface area contributed by atoms with Crippen molar-refractivity contribution in [3.63, 3.8) is 0 Å². The van der Waals surface area contributed by atoms with Gasteiger partial charge in [-0.05, 0) is 86.3 Å². The van der Waals surface area contributed by atoms with E-state index in [1.165, 1.54) is 44.3 Å². The van der Waals surface area contributed by atoms with Crippen molar-refractivity contribution in [2.75, 3.05) is 78.8 Å². The Morgan fingerprint density at radius 3 is 1.50 bits per heavy atom. The summed E-state index contributed by atoms with van der Waals surface area (Å²) in [5.74, 6) is 0. The second-order valence-corrected chi connectivity index (χ2v) is 13.3. The van der Waals surface area contributed by atoms with E-state index in [0.717, 1.165) is 115 Å². The third kappa shape index (κ3) is 6.83. The van der Waals surface area contributed by atoms with Gasteiger partial charge in [0.2, 0.25) is 0 Å². The van der Waals surface area contributed by atoms with Crippen LogP contribution in [0.1, 0.15) is 47.4 Å². The molecule has 0 amide bonds. The van der Waals surface area contributed by atoms with Crippen molar-refractivity contribution in [2.45, 2.75) is 37.8 Å². The molecule has 0 bridgehead atoms. The summed E-state index contributed by atoms with van der Waals surface area (Å²) in [4.78, 5) is 12.2. The van der Waals surface area contributed by atoms with Crippen molar-refractivity contribution in [3.05, 3.63) is 69.0 Å². The van der Waals surface area contributed by atoms with E-state index in [0.29, 0.717) is 12.1 Å². The molecule has 4 aliphatic rings. The molecular formula is C34H44Cl2N6O2. The zero-order valence-corrected chi connectivity index (χ0v) is 26.9. The predicted molar refractivity (Wildman–Crippen MR) is 179 cm³/mol. The van der Waals surface area contributed by atoms with Crippen LogP contribution in [0, 0.1) is 0 Å². The van der Waals surface area contributed by atoms with Crippen molar-refractivity contribution in [3.8, 4) is 0 Å². The molecule has 2 aromatic heterocycles. The molecule has 2 saturated heterocycles. The molecule has 0 radical (unpaired) electrons. The molecule has 8 rings (SSSR count). The molecule has 4 N–H and O–H groups in total. The van der Waals surface area contributed by atoms with Crippen LogP contribution in [-0.4, -0.2) is 98.6 Å². The number of nitrogens with zero attached hydrogens (tertiary/aromatic N) is 2. The van der Waals surface area contributed by atoms with Gasteiger partial charge in [0.1, 0.15) is 0 Å². The number of morpholine rings is 2. The molecule has 236 valence electrons. The van der Waals surface area contributed by atoms with Gasteiger partial charge in [-0.15, -0.1) is 0 Å². The summed E-state index contributed by atoms with van der Waals surface area (Å²) in [5, 5.41) is 11.6. The van der Waals surface area contributed by atoms with Gasteiger partial charge in [-0.25, -0.2) is 0 Å². The first kappa shape index (κ1) is 30.5. The second-order valence-electron chi connectivity index (χ2n) is 12.4. The summed E-state index contributed by atoms with van der Waals surface area (Å²) in [6.07, 6.45) is 4.41. The van der Waals surface area contributed by atoms with E-state index in [9.17, 15) is 0 Å². The maximum absolute atomic E-state index is 6.17. The average Bonchev–Trinajstić information content (AvgIpc) is 3.62. The van der Waals surface area contributed by atoms with Crippen molar-refractivity contribution < 1.29 is 9.47 Å². The summed E-state index contributed by atoms with van der Waals surface area (Å²) in [7, 11) is 0. The molecule has 2 aromatic carbocycles. The summed E-state index contributed by atoms with van der Waals surface area (Å²) in [5.41, 5.74) is 8.02. The minimum atomic E-state index is 0.415. The first-order valence-electron chi connectivity index (χ1n) is 16.3. The Balaban J connectivity index is 0.000000142. The molecule has 0 saturated carbocycles. The van der Waals surface area contributed by atoms with E-state index in [1.807, 2.05) is 12.1 Å². The van der Waals surface area contributed by atoms with Gasteiger partial charge >= 0.3 is 0 Å². The van der Waals surface area contributed by atoms with Crippen LogP contribution in [0.2, 0.25) is 10.0 Å². The van der Waals surface area contributed by atoms with Gasteiger partial charge in [-0.3, -0.25) is 9.80 Å². The minimum Gasteiger partial charge on any atom is -0.379 e. The molecule has 0 spiro atoms. The quantitative estimate of drug-likeness (QED) is 0.225. The lowest BCUT2D eigenvalue weighted by atomic mass is 9.97. The molecule has 2 fully saturated rings. The molecule has 6 heterocycles. The molecule has 0 aliphatic carbocycles. The van der Waals surface area contributed by atoms with Crippen LogP contribution in [0.15, 0.2) is 36.4 Å². The van der Waals surface area contributed by atoms with Crippen LogP contribution < -0.4 is 10.6 Å². The monoisotopic (exact) mass is 638 g/mol. The Kier molecular flexibility index (Phi) is 9.78. The van der Waals surface area contributed by atoms with E-state index in [2.05, 4.69) is 54.7 Å². The Bertz CT molecular complexity index is 1440. The number of ether oxygens (including phenoxy) is 2. The van der Waals surface area contributed by atoms with Crippen LogP contribution >= 0.6 is 23.2 Å². The van der Waals surface area contributed by atoms with Gasteiger partial charge in [-0.2, -0.15) is 0 Å². The number of hydrogen-bond acceptors (Lipinski definition) is 6. The normalized spacial score (nSPS) is 22.9. The number of benzene rings is 2. The molecular weight excluding hydrogens is 595 g/mol. The van der Waals surface area contributed by atoms with Crippen molar-refractivity contribution >= 4 is 45.0 Å². The van der Waals surface area contributed by atoms with Crippen molar-refractivity contribution in [1.82, 2.24) is 30.4 Å². The highest BCUT2D eigenvalue weighted by Gasteiger charge is 2.26. The van der Waals surface area contributed by atoms with Crippen molar-refractivity contribution in [1.29, 1.82) is 0 Å². The zero-order valence-electron chi connectivity index (χ0n) is 25.4. The van der Waals surface area contributed by atoms with E-state index in [4.69, 9.17) is 32.7 Å². The fourth-order valence-corrected chi connectivity index (χ4v) is 7.67. The number of rotatable bonds is 6. The highest BCUT2D eigenvalue weighted by molar-refractivity contribution is 6.31. The molecule has 4 aliphatic heterocycles. The Labute approximate surface area is 269 Å². The second kappa shape index (κ2) is 14.1. The first-order valence-corrected chi connectivity index (χ1v) is 17.0. The van der Waals surface area contributed by atoms with E-state index < -0.39 is 0 Å². The average molecular weight is 640 g/mol. The summed E-state index contributed by atoms with van der Waals surface area (Å²) in [6, 6.07) is 13.1. The molecule has 8 nitrogen and oxygen atoms in total. The number of hydrogen-bond donors (Lipinski definition) is 4. The number of aromatic nitrogens is 2. The van der Waals surface area contributed by atoms with Gasteiger partial charge in [0.15, 0.2) is 0 Å². The van der Waals surface area contributed by atoms with Crippen molar-refractivity contribution in [2.24, 2.45) is 0 Å². The van der Waals surface area contributed by atoms with Gasteiger partial charge < -0.3 is 30.1 Å². The first-order chi connectivity index (χ1) is 21.6. The molecule has 0 unspecified atom stereocenters. The molecule has 10 heteroatoms. The van der Waals surface area contributed by atoms with E-state index in [-0.39, 0.29) is 0 Å². The molecule has 4 aromatic rings. The molecule has 44 heavy (non-hydrogen) atoms. The Morgan fingerprint density at radius 2 is 1.07 bits per heavy atom. The highest BCUT2D eigenvalue weighted by atomic mass is 35.5. The standard InChI is InChI=1S/2C17H22ClN3O/c2*18-12-1-2-15-14(11-12)13-3-5-19-16(17(13)20-15)4-6-21-7-9-22-10-8-21/h2*1-2,11,16,19-20H,3-10H2/t2*16-/m10/s1. The topological polar surface area (TPSA) is 80.6 Å². The highest BCUT2D eigenvalue weighted by Crippen LogP contribution is 2.34. The van der Waals surface area contributed by atoms with E-state index in [1.54, 1.807) is 0 Å². The fourth-order valence-electron chi connectivity index (χ4n) is 7.33. The van der Waals surface area contributed by atoms with Crippen LogP contribution in [-0.2, 0) is 22.3 Å². The third-order valence-corrected chi connectivity index (χ3v) is 10.2. The number of halogens is 2. The lowest BCUT2D eigenvalue weighted by Gasteiger charge is -2.30. The minimum absolute atomic E-state index is 0.415. The zero-order chi connectivity index (χ0) is 29.9. The van der Waals surface area contributed by atoms with E-state index >= 15 is 0 Å². The Morgan fingerprint density at radius 1 is 0.636 bits per heavy atom. The lowest BCUT2D eigenvalue weighted by Crippen LogP contribution is -2.39.